The minimum Gasteiger partial charge on any atom is -0.493 e. The van der Waals surface area contributed by atoms with E-state index in [0.717, 1.165) is 23.0 Å². The van der Waals surface area contributed by atoms with E-state index in [2.05, 4.69) is 9.97 Å². The van der Waals surface area contributed by atoms with Crippen molar-refractivity contribution in [2.24, 2.45) is 0 Å². The predicted molar refractivity (Wildman–Crippen MR) is 97.5 cm³/mol. The molecule has 0 N–H and O–H groups in total. The molecule has 4 rings (SSSR count). The zero-order chi connectivity index (χ0) is 18.1. The van der Waals surface area contributed by atoms with E-state index < -0.39 is 0 Å². The van der Waals surface area contributed by atoms with Crippen molar-refractivity contribution >= 4 is 16.9 Å². The molecule has 0 aliphatic carbocycles. The van der Waals surface area contributed by atoms with Crippen molar-refractivity contribution in [2.75, 3.05) is 20.8 Å². The lowest BCUT2D eigenvalue weighted by Gasteiger charge is -2.29. The molecule has 0 unspecified atom stereocenters. The second-order valence-electron chi connectivity index (χ2n) is 6.20. The highest BCUT2D eigenvalue weighted by atomic mass is 16.5. The van der Waals surface area contributed by atoms with Crippen LogP contribution >= 0.6 is 0 Å². The number of amides is 1. The molecule has 0 saturated carbocycles. The minimum atomic E-state index is -0.108. The van der Waals surface area contributed by atoms with Crippen molar-refractivity contribution < 1.29 is 14.3 Å². The first-order valence-corrected chi connectivity index (χ1v) is 8.44. The van der Waals surface area contributed by atoms with Crippen molar-refractivity contribution in [2.45, 2.75) is 13.0 Å². The van der Waals surface area contributed by atoms with Crippen LogP contribution in [0.3, 0.4) is 0 Å². The van der Waals surface area contributed by atoms with Gasteiger partial charge in [-0.1, -0.05) is 12.1 Å². The fraction of sp³-hybridized carbons (Fsp3) is 0.250. The molecule has 1 aromatic heterocycles. The number of nitrogens with zero attached hydrogens (tertiary/aromatic N) is 3. The van der Waals surface area contributed by atoms with Crippen LogP contribution in [0.15, 0.2) is 42.6 Å². The molecule has 0 radical (unpaired) electrons. The summed E-state index contributed by atoms with van der Waals surface area (Å²) in [6.07, 6.45) is 2.32. The third kappa shape index (κ3) is 2.83. The molecule has 1 aliphatic heterocycles. The van der Waals surface area contributed by atoms with Crippen molar-refractivity contribution in [3.8, 4) is 11.5 Å². The summed E-state index contributed by atoms with van der Waals surface area (Å²) in [4.78, 5) is 23.5. The Morgan fingerprint density at radius 3 is 2.46 bits per heavy atom. The molecule has 1 amide bonds. The lowest BCUT2D eigenvalue weighted by molar-refractivity contribution is 0.0728. The molecule has 0 bridgehead atoms. The van der Waals surface area contributed by atoms with Crippen molar-refractivity contribution in [3.05, 3.63) is 59.4 Å². The normalized spacial score (nSPS) is 13.4. The Balaban J connectivity index is 1.62. The minimum absolute atomic E-state index is 0.108. The molecular formula is C20H19N3O3. The molecule has 0 atom stereocenters. The van der Waals surface area contributed by atoms with E-state index in [4.69, 9.17) is 9.47 Å². The topological polar surface area (TPSA) is 64.6 Å². The first kappa shape index (κ1) is 16.3. The summed E-state index contributed by atoms with van der Waals surface area (Å²) in [5, 5.41) is 0. The van der Waals surface area contributed by atoms with Gasteiger partial charge in [-0.15, -0.1) is 0 Å². The predicted octanol–water partition coefficient (Wildman–Crippen LogP) is 2.85. The van der Waals surface area contributed by atoms with Gasteiger partial charge in [-0.3, -0.25) is 9.78 Å². The molecule has 1 aliphatic rings. The zero-order valence-corrected chi connectivity index (χ0v) is 14.7. The number of carbonyl (C=O) groups excluding carboxylic acids is 1. The van der Waals surface area contributed by atoms with Crippen LogP contribution in [0, 0.1) is 0 Å². The number of hydrogen-bond donors (Lipinski definition) is 0. The van der Waals surface area contributed by atoms with Gasteiger partial charge in [-0.2, -0.15) is 0 Å². The van der Waals surface area contributed by atoms with Crippen LogP contribution in [-0.2, 0) is 13.0 Å². The van der Waals surface area contributed by atoms with E-state index in [1.807, 2.05) is 36.4 Å². The fourth-order valence-corrected chi connectivity index (χ4v) is 3.28. The summed E-state index contributed by atoms with van der Waals surface area (Å²) in [6, 6.07) is 11.5. The summed E-state index contributed by atoms with van der Waals surface area (Å²) < 4.78 is 10.7. The zero-order valence-electron chi connectivity index (χ0n) is 14.7. The summed E-state index contributed by atoms with van der Waals surface area (Å²) >= 11 is 0. The van der Waals surface area contributed by atoms with Gasteiger partial charge < -0.3 is 14.4 Å². The Morgan fingerprint density at radius 1 is 1.04 bits per heavy atom. The molecule has 0 saturated heterocycles. The smallest absolute Gasteiger partial charge is 0.274 e. The van der Waals surface area contributed by atoms with E-state index in [9.17, 15) is 4.79 Å². The lowest BCUT2D eigenvalue weighted by atomic mass is 9.98. The fourth-order valence-electron chi connectivity index (χ4n) is 3.28. The average Bonchev–Trinajstić information content (AvgIpc) is 2.71. The van der Waals surface area contributed by atoms with Crippen LogP contribution in [0.1, 0.15) is 21.6 Å². The molecular weight excluding hydrogens is 330 g/mol. The number of aromatic nitrogens is 2. The van der Waals surface area contributed by atoms with Gasteiger partial charge in [0.25, 0.3) is 5.91 Å². The summed E-state index contributed by atoms with van der Waals surface area (Å²) in [5.41, 5.74) is 4.12. The molecule has 2 heterocycles. The van der Waals surface area contributed by atoms with E-state index >= 15 is 0 Å². The first-order chi connectivity index (χ1) is 12.7. The molecule has 0 spiro atoms. The molecule has 3 aromatic rings. The third-order valence-electron chi connectivity index (χ3n) is 4.67. The quantitative estimate of drug-likeness (QED) is 0.727. The van der Waals surface area contributed by atoms with Crippen LogP contribution in [0.25, 0.3) is 11.0 Å². The number of benzene rings is 2. The largest absolute Gasteiger partial charge is 0.493 e. The van der Waals surface area contributed by atoms with E-state index in [1.165, 1.54) is 5.56 Å². The molecule has 2 aromatic carbocycles. The van der Waals surface area contributed by atoms with Gasteiger partial charge in [0.1, 0.15) is 5.69 Å². The van der Waals surface area contributed by atoms with Gasteiger partial charge in [0, 0.05) is 13.1 Å². The number of carbonyl (C=O) groups is 1. The number of fused-ring (bicyclic) bond motifs is 2. The van der Waals surface area contributed by atoms with Crippen LogP contribution in [0.5, 0.6) is 11.5 Å². The second-order valence-corrected chi connectivity index (χ2v) is 6.20. The molecule has 6 heteroatoms. The van der Waals surface area contributed by atoms with Gasteiger partial charge in [0.05, 0.1) is 31.4 Å². The summed E-state index contributed by atoms with van der Waals surface area (Å²) in [5.74, 6) is 1.28. The van der Waals surface area contributed by atoms with Gasteiger partial charge >= 0.3 is 0 Å². The number of methoxy groups -OCH3 is 2. The second kappa shape index (κ2) is 6.63. The summed E-state index contributed by atoms with van der Waals surface area (Å²) in [6.45, 7) is 1.15. The van der Waals surface area contributed by atoms with Crippen molar-refractivity contribution in [1.29, 1.82) is 0 Å². The number of para-hydroxylation sites is 2. The molecule has 0 fully saturated rings. The maximum Gasteiger partial charge on any atom is 0.274 e. The summed E-state index contributed by atoms with van der Waals surface area (Å²) in [7, 11) is 3.24. The monoisotopic (exact) mass is 349 g/mol. The maximum absolute atomic E-state index is 12.9. The van der Waals surface area contributed by atoms with E-state index in [-0.39, 0.29) is 5.91 Å². The van der Waals surface area contributed by atoms with E-state index in [0.29, 0.717) is 30.3 Å². The van der Waals surface area contributed by atoms with Gasteiger partial charge in [0.2, 0.25) is 0 Å². The van der Waals surface area contributed by atoms with Gasteiger partial charge in [-0.25, -0.2) is 4.98 Å². The maximum atomic E-state index is 12.9. The van der Waals surface area contributed by atoms with E-state index in [1.54, 1.807) is 25.3 Å². The first-order valence-electron chi connectivity index (χ1n) is 8.44. The highest BCUT2D eigenvalue weighted by molar-refractivity contribution is 5.94. The van der Waals surface area contributed by atoms with Crippen LogP contribution < -0.4 is 9.47 Å². The Bertz CT molecular complexity index is 987. The number of hydrogen-bond acceptors (Lipinski definition) is 5. The SMILES string of the molecule is COc1cc2c(cc1OC)CN(C(=O)c1cnc3ccccc3n1)CC2. The number of ether oxygens (including phenoxy) is 2. The average molecular weight is 349 g/mol. The Morgan fingerprint density at radius 2 is 1.73 bits per heavy atom. The molecule has 132 valence electrons. The molecule has 26 heavy (non-hydrogen) atoms. The van der Waals surface area contributed by atoms with Crippen molar-refractivity contribution in [3.63, 3.8) is 0 Å². The van der Waals surface area contributed by atoms with Gasteiger partial charge in [0.15, 0.2) is 11.5 Å². The van der Waals surface area contributed by atoms with Crippen LogP contribution in [0.4, 0.5) is 0 Å². The van der Waals surface area contributed by atoms with Crippen LogP contribution in [0.2, 0.25) is 0 Å². The Hall–Kier alpha value is -3.15. The Kier molecular flexibility index (Phi) is 4.16. The highest BCUT2D eigenvalue weighted by Crippen LogP contribution is 2.33. The standard InChI is InChI=1S/C20H19N3O3/c1-25-18-9-13-7-8-23(12-14(13)10-19(18)26-2)20(24)17-11-21-15-5-3-4-6-16(15)22-17/h3-6,9-11H,7-8,12H2,1-2H3. The highest BCUT2D eigenvalue weighted by Gasteiger charge is 2.24. The van der Waals surface area contributed by atoms with Gasteiger partial charge in [-0.05, 0) is 41.8 Å². The molecule has 6 nitrogen and oxygen atoms in total. The van der Waals surface area contributed by atoms with Crippen molar-refractivity contribution in [1.82, 2.24) is 14.9 Å². The van der Waals surface area contributed by atoms with Crippen LogP contribution in [-0.4, -0.2) is 41.5 Å². The number of rotatable bonds is 3. The Labute approximate surface area is 151 Å². The third-order valence-corrected chi connectivity index (χ3v) is 4.67. The lowest BCUT2D eigenvalue weighted by Crippen LogP contribution is -2.36.